The second kappa shape index (κ2) is 3.78. The van der Waals surface area contributed by atoms with Gasteiger partial charge >= 0.3 is 0 Å². The zero-order valence-corrected chi connectivity index (χ0v) is 7.41. The van der Waals surface area contributed by atoms with Gasteiger partial charge in [-0.3, -0.25) is 0 Å². The molecule has 0 aliphatic carbocycles. The number of phenolic OH excluding ortho intramolecular Hbond substituents is 1. The molecule has 0 aliphatic heterocycles. The lowest BCUT2D eigenvalue weighted by Crippen LogP contribution is -1.80. The molecule has 3 heteroatoms. The fraction of sp³-hybridized carbons (Fsp3) is 0.143. The minimum Gasteiger partial charge on any atom is -0.508 e. The Labute approximate surface area is 73.5 Å². The molecule has 54 valence electrons. The van der Waals surface area contributed by atoms with E-state index in [0.29, 0.717) is 6.61 Å². The van der Waals surface area contributed by atoms with Crippen LogP contribution in [0.3, 0.4) is 0 Å². The summed E-state index contributed by atoms with van der Waals surface area (Å²) >= 11 is 1.84. The molecule has 0 unspecified atom stereocenters. The molecular weight excluding hydrogens is 243 g/mol. The van der Waals surface area contributed by atoms with E-state index in [1.54, 1.807) is 12.1 Å². The van der Waals surface area contributed by atoms with Crippen LogP contribution < -0.4 is 0 Å². The summed E-state index contributed by atoms with van der Waals surface area (Å²) < 4.78 is 4.86. The maximum atomic E-state index is 8.88. The normalized spacial score (nSPS) is 9.70. The highest BCUT2D eigenvalue weighted by Crippen LogP contribution is 2.10. The van der Waals surface area contributed by atoms with E-state index in [2.05, 4.69) is 0 Å². The number of hydrogen-bond donors (Lipinski definition) is 1. The summed E-state index contributed by atoms with van der Waals surface area (Å²) in [4.78, 5) is 0. The molecule has 1 aromatic carbocycles. The molecule has 0 amide bonds. The van der Waals surface area contributed by atoms with Crippen molar-refractivity contribution in [2.24, 2.45) is 0 Å². The molecule has 0 atom stereocenters. The summed E-state index contributed by atoms with van der Waals surface area (Å²) in [7, 11) is 0. The Kier molecular flexibility index (Phi) is 2.95. The Morgan fingerprint density at radius 2 is 1.90 bits per heavy atom. The van der Waals surface area contributed by atoms with Gasteiger partial charge in [0.15, 0.2) is 0 Å². The zero-order valence-electron chi connectivity index (χ0n) is 5.25. The molecular formula is C7H7IO2. The Morgan fingerprint density at radius 1 is 1.30 bits per heavy atom. The van der Waals surface area contributed by atoms with Crippen molar-refractivity contribution >= 4 is 23.0 Å². The highest BCUT2D eigenvalue weighted by atomic mass is 127. The third-order valence-electron chi connectivity index (χ3n) is 1.16. The van der Waals surface area contributed by atoms with Crippen LogP contribution in [0.15, 0.2) is 24.3 Å². The minimum absolute atomic E-state index is 0.289. The maximum Gasteiger partial charge on any atom is 0.115 e. The van der Waals surface area contributed by atoms with E-state index in [0.717, 1.165) is 5.56 Å². The summed E-state index contributed by atoms with van der Waals surface area (Å²) in [6, 6.07) is 6.94. The van der Waals surface area contributed by atoms with Gasteiger partial charge in [0.2, 0.25) is 0 Å². The van der Waals surface area contributed by atoms with Crippen LogP contribution in [0.25, 0.3) is 0 Å². The highest BCUT2D eigenvalue weighted by molar-refractivity contribution is 14.1. The summed E-state index contributed by atoms with van der Waals surface area (Å²) in [6.45, 7) is 0.584. The smallest absolute Gasteiger partial charge is 0.115 e. The first-order valence-electron chi connectivity index (χ1n) is 2.84. The Morgan fingerprint density at radius 3 is 2.40 bits per heavy atom. The molecule has 0 aromatic heterocycles. The van der Waals surface area contributed by atoms with Gasteiger partial charge in [-0.25, -0.2) is 0 Å². The number of hydrogen-bond acceptors (Lipinski definition) is 2. The van der Waals surface area contributed by atoms with Crippen LogP contribution in [0, 0.1) is 0 Å². The Balaban J connectivity index is 2.69. The number of aromatic hydroxyl groups is 1. The predicted octanol–water partition coefficient (Wildman–Crippen LogP) is 2.26. The number of halogens is 1. The molecule has 1 N–H and O–H groups in total. The molecule has 1 aromatic rings. The Hall–Kier alpha value is -0.290. The lowest BCUT2D eigenvalue weighted by Gasteiger charge is -1.96. The molecule has 0 fully saturated rings. The van der Waals surface area contributed by atoms with E-state index in [1.165, 1.54) is 0 Å². The van der Waals surface area contributed by atoms with Crippen LogP contribution in [0.5, 0.6) is 5.75 Å². The van der Waals surface area contributed by atoms with E-state index in [1.807, 2.05) is 35.1 Å². The van der Waals surface area contributed by atoms with E-state index in [4.69, 9.17) is 8.17 Å². The molecule has 0 bridgehead atoms. The fourth-order valence-corrected chi connectivity index (χ4v) is 1.01. The molecule has 0 spiro atoms. The van der Waals surface area contributed by atoms with Crippen molar-refractivity contribution in [2.45, 2.75) is 6.61 Å². The lowest BCUT2D eigenvalue weighted by molar-refractivity contribution is 0.417. The molecule has 0 saturated carbocycles. The van der Waals surface area contributed by atoms with Crippen LogP contribution >= 0.6 is 23.0 Å². The van der Waals surface area contributed by atoms with E-state index in [9.17, 15) is 0 Å². The molecule has 2 nitrogen and oxygen atoms in total. The van der Waals surface area contributed by atoms with Crippen molar-refractivity contribution in [1.29, 1.82) is 0 Å². The molecule has 0 aliphatic rings. The quantitative estimate of drug-likeness (QED) is 0.815. The first-order valence-corrected chi connectivity index (χ1v) is 3.72. The lowest BCUT2D eigenvalue weighted by atomic mass is 10.2. The molecule has 0 saturated heterocycles. The summed E-state index contributed by atoms with van der Waals surface area (Å²) in [6.07, 6.45) is 0. The van der Waals surface area contributed by atoms with Crippen LogP contribution in [-0.2, 0) is 9.67 Å². The van der Waals surface area contributed by atoms with Gasteiger partial charge < -0.3 is 8.17 Å². The van der Waals surface area contributed by atoms with Crippen LogP contribution in [0.1, 0.15) is 5.56 Å². The first-order chi connectivity index (χ1) is 4.83. The minimum atomic E-state index is 0.289. The Bertz CT molecular complexity index is 195. The SMILES string of the molecule is Oc1ccc(COI)cc1. The van der Waals surface area contributed by atoms with Crippen molar-refractivity contribution in [2.75, 3.05) is 0 Å². The second-order valence-electron chi connectivity index (χ2n) is 1.92. The first kappa shape index (κ1) is 7.81. The number of phenols is 1. The van der Waals surface area contributed by atoms with Gasteiger partial charge in [0.1, 0.15) is 28.8 Å². The van der Waals surface area contributed by atoms with Gasteiger partial charge in [-0.1, -0.05) is 12.1 Å². The van der Waals surface area contributed by atoms with Gasteiger partial charge in [-0.15, -0.1) is 0 Å². The summed E-state index contributed by atoms with van der Waals surface area (Å²) in [5, 5.41) is 8.88. The van der Waals surface area contributed by atoms with Gasteiger partial charge in [0.05, 0.1) is 6.61 Å². The van der Waals surface area contributed by atoms with Crippen molar-refractivity contribution in [1.82, 2.24) is 0 Å². The topological polar surface area (TPSA) is 29.5 Å². The van der Waals surface area contributed by atoms with Gasteiger partial charge in [-0.05, 0) is 17.7 Å². The average Bonchev–Trinajstić information content (AvgIpc) is 1.95. The van der Waals surface area contributed by atoms with Crippen molar-refractivity contribution in [3.05, 3.63) is 29.8 Å². The van der Waals surface area contributed by atoms with Crippen LogP contribution in [0.4, 0.5) is 0 Å². The van der Waals surface area contributed by atoms with Crippen LogP contribution in [-0.4, -0.2) is 5.11 Å². The van der Waals surface area contributed by atoms with E-state index < -0.39 is 0 Å². The largest absolute Gasteiger partial charge is 0.508 e. The summed E-state index contributed by atoms with van der Waals surface area (Å²) in [5.74, 6) is 0.289. The van der Waals surface area contributed by atoms with Crippen molar-refractivity contribution in [3.63, 3.8) is 0 Å². The van der Waals surface area contributed by atoms with Gasteiger partial charge in [0.25, 0.3) is 0 Å². The van der Waals surface area contributed by atoms with Crippen molar-refractivity contribution in [3.8, 4) is 5.75 Å². The third-order valence-corrected chi connectivity index (χ3v) is 1.47. The maximum absolute atomic E-state index is 8.88. The fourth-order valence-electron chi connectivity index (χ4n) is 0.655. The second-order valence-corrected chi connectivity index (χ2v) is 2.54. The zero-order chi connectivity index (χ0) is 7.40. The van der Waals surface area contributed by atoms with Crippen molar-refractivity contribution < 1.29 is 8.17 Å². The molecule has 1 rings (SSSR count). The highest BCUT2D eigenvalue weighted by Gasteiger charge is 1.90. The van der Waals surface area contributed by atoms with Gasteiger partial charge in [-0.2, -0.15) is 0 Å². The summed E-state index contributed by atoms with van der Waals surface area (Å²) in [5.41, 5.74) is 1.06. The number of rotatable bonds is 2. The van der Waals surface area contributed by atoms with E-state index >= 15 is 0 Å². The molecule has 0 radical (unpaired) electrons. The molecule has 10 heavy (non-hydrogen) atoms. The monoisotopic (exact) mass is 250 g/mol. The predicted molar refractivity (Wildman–Crippen MR) is 46.9 cm³/mol. The van der Waals surface area contributed by atoms with Crippen LogP contribution in [0.2, 0.25) is 0 Å². The van der Waals surface area contributed by atoms with E-state index in [-0.39, 0.29) is 5.75 Å². The van der Waals surface area contributed by atoms with Gasteiger partial charge in [0, 0.05) is 0 Å². The third kappa shape index (κ3) is 2.15. The average molecular weight is 250 g/mol. The molecule has 0 heterocycles. The standard InChI is InChI=1S/C7H7IO2/c8-10-5-6-1-3-7(9)4-2-6/h1-4,9H,5H2. The number of benzene rings is 1.